The van der Waals surface area contributed by atoms with E-state index in [1.165, 1.54) is 0 Å². The van der Waals surface area contributed by atoms with E-state index in [0.717, 1.165) is 22.5 Å². The van der Waals surface area contributed by atoms with Crippen molar-refractivity contribution in [2.45, 2.75) is 33.7 Å². The fraction of sp³-hybridized carbons (Fsp3) is 0.444. The molecule has 0 bridgehead atoms. The number of aliphatic hydroxyl groups excluding tert-OH is 1. The van der Waals surface area contributed by atoms with E-state index in [1.54, 1.807) is 0 Å². The van der Waals surface area contributed by atoms with Crippen molar-refractivity contribution in [2.75, 3.05) is 13.2 Å². The lowest BCUT2D eigenvalue weighted by atomic mass is 9.99. The van der Waals surface area contributed by atoms with Crippen LogP contribution in [0.1, 0.15) is 29.4 Å². The summed E-state index contributed by atoms with van der Waals surface area (Å²) < 4.78 is 5.48. The van der Waals surface area contributed by atoms with Gasteiger partial charge in [0.2, 0.25) is 5.91 Å². The lowest BCUT2D eigenvalue weighted by Gasteiger charge is -2.14. The predicted octanol–water partition coefficient (Wildman–Crippen LogP) is 1.89. The number of hydrogen-bond donors (Lipinski definition) is 3. The van der Waals surface area contributed by atoms with Crippen LogP contribution in [0.25, 0.3) is 0 Å². The standard InChI is InChI=1S/C18H25N3O3/c1-12(10-16-13(2)20-21-14(16)3)18(23)19-11-15-6-4-5-7-17(15)24-9-8-22/h4-7,12,22H,8-11H2,1-3H3,(H,19,23)(H,20,21). The highest BCUT2D eigenvalue weighted by Gasteiger charge is 2.17. The van der Waals surface area contributed by atoms with Gasteiger partial charge in [0, 0.05) is 23.7 Å². The smallest absolute Gasteiger partial charge is 0.223 e. The minimum absolute atomic E-state index is 0.00744. The van der Waals surface area contributed by atoms with Crippen LogP contribution in [0.4, 0.5) is 0 Å². The summed E-state index contributed by atoms with van der Waals surface area (Å²) >= 11 is 0. The molecule has 6 nitrogen and oxygen atoms in total. The Balaban J connectivity index is 1.93. The predicted molar refractivity (Wildman–Crippen MR) is 91.8 cm³/mol. The number of carbonyl (C=O) groups excluding carboxylic acids is 1. The Bertz CT molecular complexity index is 662. The molecule has 1 aromatic heterocycles. The highest BCUT2D eigenvalue weighted by molar-refractivity contribution is 5.78. The number of nitrogens with one attached hydrogen (secondary N) is 2. The average Bonchev–Trinajstić information content (AvgIpc) is 2.90. The maximum Gasteiger partial charge on any atom is 0.223 e. The first-order valence-electron chi connectivity index (χ1n) is 8.12. The summed E-state index contributed by atoms with van der Waals surface area (Å²) in [4.78, 5) is 12.4. The molecule has 2 rings (SSSR count). The van der Waals surface area contributed by atoms with Gasteiger partial charge in [-0.3, -0.25) is 9.89 Å². The Labute approximate surface area is 142 Å². The molecule has 2 aromatic rings. The quantitative estimate of drug-likeness (QED) is 0.689. The van der Waals surface area contributed by atoms with Gasteiger partial charge < -0.3 is 15.2 Å². The minimum Gasteiger partial charge on any atom is -0.491 e. The second-order valence-electron chi connectivity index (χ2n) is 5.92. The van der Waals surface area contributed by atoms with Crippen LogP contribution in [-0.2, 0) is 17.8 Å². The van der Waals surface area contributed by atoms with Gasteiger partial charge in [-0.15, -0.1) is 0 Å². The number of carbonyl (C=O) groups is 1. The summed E-state index contributed by atoms with van der Waals surface area (Å²) in [5.41, 5.74) is 3.94. The summed E-state index contributed by atoms with van der Waals surface area (Å²) in [7, 11) is 0. The van der Waals surface area contributed by atoms with Crippen molar-refractivity contribution in [1.82, 2.24) is 15.5 Å². The molecular weight excluding hydrogens is 306 g/mol. The number of nitrogens with zero attached hydrogens (tertiary/aromatic N) is 1. The van der Waals surface area contributed by atoms with Crippen molar-refractivity contribution in [2.24, 2.45) is 5.92 Å². The van der Waals surface area contributed by atoms with E-state index < -0.39 is 0 Å². The second-order valence-corrected chi connectivity index (χ2v) is 5.92. The zero-order chi connectivity index (χ0) is 17.5. The van der Waals surface area contributed by atoms with Crippen molar-refractivity contribution >= 4 is 5.91 Å². The number of ether oxygens (including phenoxy) is 1. The van der Waals surface area contributed by atoms with Crippen LogP contribution < -0.4 is 10.1 Å². The average molecular weight is 331 g/mol. The highest BCUT2D eigenvalue weighted by atomic mass is 16.5. The van der Waals surface area contributed by atoms with Crippen LogP contribution in [0.15, 0.2) is 24.3 Å². The van der Waals surface area contributed by atoms with E-state index in [0.29, 0.717) is 18.7 Å². The van der Waals surface area contributed by atoms with Crippen molar-refractivity contribution in [3.05, 3.63) is 46.8 Å². The highest BCUT2D eigenvalue weighted by Crippen LogP contribution is 2.19. The van der Waals surface area contributed by atoms with Crippen molar-refractivity contribution in [3.8, 4) is 5.75 Å². The molecule has 1 amide bonds. The topological polar surface area (TPSA) is 87.2 Å². The molecule has 1 atom stereocenters. The molecule has 1 unspecified atom stereocenters. The molecule has 0 aliphatic carbocycles. The van der Waals surface area contributed by atoms with Gasteiger partial charge in [0.25, 0.3) is 0 Å². The van der Waals surface area contributed by atoms with Crippen LogP contribution in [-0.4, -0.2) is 34.4 Å². The zero-order valence-corrected chi connectivity index (χ0v) is 14.4. The molecule has 130 valence electrons. The van der Waals surface area contributed by atoms with Crippen molar-refractivity contribution in [1.29, 1.82) is 0 Å². The van der Waals surface area contributed by atoms with Gasteiger partial charge in [-0.25, -0.2) is 0 Å². The maximum atomic E-state index is 12.4. The third kappa shape index (κ3) is 4.58. The first-order valence-corrected chi connectivity index (χ1v) is 8.12. The Hall–Kier alpha value is -2.34. The molecule has 0 aliphatic heterocycles. The third-order valence-corrected chi connectivity index (χ3v) is 4.01. The Kier molecular flexibility index (Phi) is 6.37. The van der Waals surface area contributed by atoms with Crippen LogP contribution in [0.5, 0.6) is 5.75 Å². The van der Waals surface area contributed by atoms with E-state index in [1.807, 2.05) is 45.0 Å². The summed E-state index contributed by atoms with van der Waals surface area (Å²) in [6.07, 6.45) is 0.655. The van der Waals surface area contributed by atoms with E-state index in [2.05, 4.69) is 15.5 Å². The number of para-hydroxylation sites is 1. The van der Waals surface area contributed by atoms with E-state index in [-0.39, 0.29) is 25.0 Å². The molecule has 0 aliphatic rings. The number of aromatic nitrogens is 2. The van der Waals surface area contributed by atoms with Crippen molar-refractivity contribution in [3.63, 3.8) is 0 Å². The number of H-pyrrole nitrogens is 1. The summed E-state index contributed by atoms with van der Waals surface area (Å²) in [6.45, 7) is 6.41. The number of aryl methyl sites for hydroxylation is 2. The maximum absolute atomic E-state index is 12.4. The molecular formula is C18H25N3O3. The fourth-order valence-electron chi connectivity index (χ4n) is 2.58. The van der Waals surface area contributed by atoms with Gasteiger partial charge in [0.1, 0.15) is 12.4 Å². The van der Waals surface area contributed by atoms with Gasteiger partial charge in [-0.2, -0.15) is 5.10 Å². The fourth-order valence-corrected chi connectivity index (χ4v) is 2.58. The number of rotatable bonds is 8. The molecule has 0 fully saturated rings. The van der Waals surface area contributed by atoms with E-state index >= 15 is 0 Å². The third-order valence-electron chi connectivity index (χ3n) is 4.01. The second kappa shape index (κ2) is 8.49. The van der Waals surface area contributed by atoms with Crippen molar-refractivity contribution < 1.29 is 14.6 Å². The first kappa shape index (κ1) is 18.0. The van der Waals surface area contributed by atoms with Gasteiger partial charge >= 0.3 is 0 Å². The van der Waals surface area contributed by atoms with Gasteiger partial charge in [0.05, 0.1) is 12.3 Å². The molecule has 0 spiro atoms. The normalized spacial score (nSPS) is 12.0. The van der Waals surface area contributed by atoms with Crippen LogP contribution in [0.3, 0.4) is 0 Å². The largest absolute Gasteiger partial charge is 0.491 e. The summed E-state index contributed by atoms with van der Waals surface area (Å²) in [5, 5.41) is 18.9. The Morgan fingerprint density at radius 2 is 2.12 bits per heavy atom. The van der Waals surface area contributed by atoms with Crippen LogP contribution in [0, 0.1) is 19.8 Å². The molecule has 24 heavy (non-hydrogen) atoms. The molecule has 3 N–H and O–H groups in total. The monoisotopic (exact) mass is 331 g/mol. The molecule has 1 aromatic carbocycles. The minimum atomic E-state index is -0.148. The molecule has 0 radical (unpaired) electrons. The number of benzene rings is 1. The Morgan fingerprint density at radius 3 is 2.79 bits per heavy atom. The van der Waals surface area contributed by atoms with Gasteiger partial charge in [-0.05, 0) is 31.9 Å². The SMILES string of the molecule is Cc1n[nH]c(C)c1CC(C)C(=O)NCc1ccccc1OCCO. The number of hydrogen-bond acceptors (Lipinski definition) is 4. The summed E-state index contributed by atoms with van der Waals surface area (Å²) in [6, 6.07) is 7.50. The number of aromatic amines is 1. The molecule has 6 heteroatoms. The van der Waals surface area contributed by atoms with Gasteiger partial charge in [0.15, 0.2) is 0 Å². The molecule has 0 saturated heterocycles. The van der Waals surface area contributed by atoms with Crippen LogP contribution >= 0.6 is 0 Å². The lowest BCUT2D eigenvalue weighted by molar-refractivity contribution is -0.124. The first-order chi connectivity index (χ1) is 11.5. The molecule has 1 heterocycles. The zero-order valence-electron chi connectivity index (χ0n) is 14.4. The summed E-state index contributed by atoms with van der Waals surface area (Å²) in [5.74, 6) is 0.526. The number of aliphatic hydroxyl groups is 1. The molecule has 0 saturated carbocycles. The Morgan fingerprint density at radius 1 is 1.38 bits per heavy atom. The van der Waals surface area contributed by atoms with E-state index in [9.17, 15) is 4.79 Å². The van der Waals surface area contributed by atoms with Gasteiger partial charge in [-0.1, -0.05) is 25.1 Å². The lowest BCUT2D eigenvalue weighted by Crippen LogP contribution is -2.30. The van der Waals surface area contributed by atoms with Crippen LogP contribution in [0.2, 0.25) is 0 Å². The number of amides is 1. The van der Waals surface area contributed by atoms with E-state index in [4.69, 9.17) is 9.84 Å².